The van der Waals surface area contributed by atoms with Crippen LogP contribution in [0.4, 0.5) is 0 Å². The minimum absolute atomic E-state index is 0.00300. The van der Waals surface area contributed by atoms with Gasteiger partial charge in [-0.15, -0.1) is 0 Å². The Hall–Kier alpha value is -1.35. The summed E-state index contributed by atoms with van der Waals surface area (Å²) in [5.74, 6) is -0.123. The fourth-order valence-electron chi connectivity index (χ4n) is 2.90. The number of benzene rings is 1. The summed E-state index contributed by atoms with van der Waals surface area (Å²) in [5.41, 5.74) is 1.01. The third-order valence-electron chi connectivity index (χ3n) is 4.05. The van der Waals surface area contributed by atoms with Crippen LogP contribution in [0.3, 0.4) is 0 Å². The van der Waals surface area contributed by atoms with Crippen LogP contribution in [-0.2, 0) is 16.0 Å². The van der Waals surface area contributed by atoms with Crippen molar-refractivity contribution in [1.29, 1.82) is 0 Å². The summed E-state index contributed by atoms with van der Waals surface area (Å²) >= 11 is 0. The third kappa shape index (κ3) is 4.64. The molecular formula is C17H25NO2. The van der Waals surface area contributed by atoms with Gasteiger partial charge in [0.1, 0.15) is 6.10 Å². The number of ether oxygens (including phenoxy) is 1. The highest BCUT2D eigenvalue weighted by Crippen LogP contribution is 2.20. The van der Waals surface area contributed by atoms with Crippen molar-refractivity contribution in [3.63, 3.8) is 0 Å². The summed E-state index contributed by atoms with van der Waals surface area (Å²) in [6.07, 6.45) is 5.10. The van der Waals surface area contributed by atoms with E-state index in [0.717, 1.165) is 18.5 Å². The molecule has 1 fully saturated rings. The van der Waals surface area contributed by atoms with Gasteiger partial charge in [-0.05, 0) is 45.3 Å². The van der Waals surface area contributed by atoms with Gasteiger partial charge in [0.2, 0.25) is 0 Å². The van der Waals surface area contributed by atoms with Gasteiger partial charge in [0.15, 0.2) is 0 Å². The molecule has 0 saturated carbocycles. The van der Waals surface area contributed by atoms with Crippen molar-refractivity contribution < 1.29 is 9.53 Å². The number of nitrogens with zero attached hydrogens (tertiary/aromatic N) is 1. The number of likely N-dealkylation sites (tertiary alicyclic amines) is 1. The fraction of sp³-hybridized carbons (Fsp3) is 0.588. The van der Waals surface area contributed by atoms with Gasteiger partial charge in [-0.25, -0.2) is 0 Å². The zero-order valence-electron chi connectivity index (χ0n) is 12.5. The number of piperidine rings is 1. The van der Waals surface area contributed by atoms with Gasteiger partial charge in [0, 0.05) is 6.04 Å². The zero-order chi connectivity index (χ0) is 14.4. The van der Waals surface area contributed by atoms with Crippen molar-refractivity contribution in [2.75, 3.05) is 13.6 Å². The fourth-order valence-corrected chi connectivity index (χ4v) is 2.90. The Balaban J connectivity index is 1.76. The molecule has 2 unspecified atom stereocenters. The van der Waals surface area contributed by atoms with Crippen molar-refractivity contribution in [3.05, 3.63) is 35.9 Å². The number of hydrogen-bond donors (Lipinski definition) is 0. The summed E-state index contributed by atoms with van der Waals surface area (Å²) in [7, 11) is 2.17. The van der Waals surface area contributed by atoms with E-state index in [1.165, 1.54) is 19.3 Å². The maximum Gasteiger partial charge on any atom is 0.310 e. The summed E-state index contributed by atoms with van der Waals surface area (Å²) < 4.78 is 5.54. The summed E-state index contributed by atoms with van der Waals surface area (Å²) in [6, 6.07) is 10.3. The van der Waals surface area contributed by atoms with Crippen LogP contribution in [0.1, 0.15) is 38.2 Å². The second-order valence-electron chi connectivity index (χ2n) is 5.83. The van der Waals surface area contributed by atoms with Gasteiger partial charge in [-0.1, -0.05) is 36.8 Å². The Bertz CT molecular complexity index is 418. The van der Waals surface area contributed by atoms with Crippen LogP contribution < -0.4 is 0 Å². The van der Waals surface area contributed by atoms with Crippen LogP contribution in [0.25, 0.3) is 0 Å². The first kappa shape index (κ1) is 15.0. The van der Waals surface area contributed by atoms with E-state index in [-0.39, 0.29) is 12.1 Å². The second-order valence-corrected chi connectivity index (χ2v) is 5.83. The molecule has 110 valence electrons. The van der Waals surface area contributed by atoms with Gasteiger partial charge in [0.05, 0.1) is 6.42 Å². The minimum atomic E-state index is -0.123. The Morgan fingerprint density at radius 2 is 2.10 bits per heavy atom. The van der Waals surface area contributed by atoms with E-state index >= 15 is 0 Å². The number of rotatable bonds is 5. The first-order valence-corrected chi connectivity index (χ1v) is 7.59. The molecule has 0 aromatic heterocycles. The highest BCUT2D eigenvalue weighted by Gasteiger charge is 2.22. The summed E-state index contributed by atoms with van der Waals surface area (Å²) in [5, 5.41) is 0. The van der Waals surface area contributed by atoms with Crippen LogP contribution in [0.2, 0.25) is 0 Å². The number of esters is 1. The van der Waals surface area contributed by atoms with Crippen LogP contribution in [0.5, 0.6) is 0 Å². The number of hydrogen-bond acceptors (Lipinski definition) is 3. The predicted molar refractivity (Wildman–Crippen MR) is 80.6 cm³/mol. The van der Waals surface area contributed by atoms with Crippen molar-refractivity contribution in [1.82, 2.24) is 4.90 Å². The first-order valence-electron chi connectivity index (χ1n) is 7.59. The van der Waals surface area contributed by atoms with Gasteiger partial charge in [-0.3, -0.25) is 4.79 Å². The average molecular weight is 275 g/mol. The molecule has 0 radical (unpaired) electrons. The van der Waals surface area contributed by atoms with Gasteiger partial charge >= 0.3 is 5.97 Å². The van der Waals surface area contributed by atoms with Gasteiger partial charge < -0.3 is 9.64 Å². The quantitative estimate of drug-likeness (QED) is 0.774. The number of carbonyl (C=O) groups is 1. The average Bonchev–Trinajstić information content (AvgIpc) is 2.42. The molecule has 0 bridgehead atoms. The zero-order valence-corrected chi connectivity index (χ0v) is 12.5. The molecule has 1 aromatic rings. The maximum atomic E-state index is 11.9. The maximum absolute atomic E-state index is 11.9. The minimum Gasteiger partial charge on any atom is -0.462 e. The molecule has 0 amide bonds. The van der Waals surface area contributed by atoms with E-state index in [2.05, 4.69) is 11.9 Å². The molecule has 20 heavy (non-hydrogen) atoms. The molecule has 3 heteroatoms. The van der Waals surface area contributed by atoms with Crippen LogP contribution in [0.15, 0.2) is 30.3 Å². The Morgan fingerprint density at radius 3 is 2.80 bits per heavy atom. The van der Waals surface area contributed by atoms with E-state index in [4.69, 9.17) is 4.74 Å². The molecule has 2 atom stereocenters. The van der Waals surface area contributed by atoms with Crippen molar-refractivity contribution >= 4 is 5.97 Å². The molecule has 1 aliphatic rings. The molecule has 1 aromatic carbocycles. The molecule has 1 heterocycles. The van der Waals surface area contributed by atoms with Crippen molar-refractivity contribution in [2.45, 2.75) is 51.2 Å². The highest BCUT2D eigenvalue weighted by atomic mass is 16.5. The normalized spacial score (nSPS) is 21.4. The lowest BCUT2D eigenvalue weighted by Gasteiger charge is -2.33. The standard InChI is InChI=1S/C17H25NO2/c1-14(12-16-10-6-7-11-18(16)2)20-17(19)13-15-8-4-3-5-9-15/h3-5,8-9,14,16H,6-7,10-13H2,1-2H3. The van der Waals surface area contributed by atoms with E-state index in [1.54, 1.807) is 0 Å². The lowest BCUT2D eigenvalue weighted by Crippen LogP contribution is -2.38. The largest absolute Gasteiger partial charge is 0.462 e. The van der Waals surface area contributed by atoms with Gasteiger partial charge in [-0.2, -0.15) is 0 Å². The van der Waals surface area contributed by atoms with E-state index in [9.17, 15) is 4.79 Å². The molecule has 0 N–H and O–H groups in total. The van der Waals surface area contributed by atoms with E-state index in [0.29, 0.717) is 12.5 Å². The van der Waals surface area contributed by atoms with Crippen molar-refractivity contribution in [3.8, 4) is 0 Å². The molecule has 1 aliphatic heterocycles. The lowest BCUT2D eigenvalue weighted by atomic mass is 9.98. The van der Waals surface area contributed by atoms with Gasteiger partial charge in [0.25, 0.3) is 0 Å². The van der Waals surface area contributed by atoms with E-state index in [1.807, 2.05) is 37.3 Å². The molecule has 2 rings (SSSR count). The summed E-state index contributed by atoms with van der Waals surface area (Å²) in [4.78, 5) is 14.3. The highest BCUT2D eigenvalue weighted by molar-refractivity contribution is 5.72. The van der Waals surface area contributed by atoms with E-state index < -0.39 is 0 Å². The Kier molecular flexibility index (Phi) is 5.60. The molecule has 0 aliphatic carbocycles. The monoisotopic (exact) mass is 275 g/mol. The molecule has 3 nitrogen and oxygen atoms in total. The topological polar surface area (TPSA) is 29.5 Å². The molecule has 0 spiro atoms. The first-order chi connectivity index (χ1) is 9.65. The van der Waals surface area contributed by atoms with Crippen LogP contribution in [-0.4, -0.2) is 36.6 Å². The molecule has 1 saturated heterocycles. The Labute approximate surface area is 121 Å². The molecular weight excluding hydrogens is 250 g/mol. The SMILES string of the molecule is CC(CC1CCCCN1C)OC(=O)Cc1ccccc1. The Morgan fingerprint density at radius 1 is 1.35 bits per heavy atom. The predicted octanol–water partition coefficient (Wildman–Crippen LogP) is 3.04. The third-order valence-corrected chi connectivity index (χ3v) is 4.05. The van der Waals surface area contributed by atoms with Crippen LogP contribution in [0, 0.1) is 0 Å². The smallest absolute Gasteiger partial charge is 0.310 e. The summed E-state index contributed by atoms with van der Waals surface area (Å²) in [6.45, 7) is 3.17. The van der Waals surface area contributed by atoms with Crippen LogP contribution >= 0.6 is 0 Å². The number of carbonyl (C=O) groups excluding carboxylic acids is 1. The lowest BCUT2D eigenvalue weighted by molar-refractivity contribution is -0.148. The van der Waals surface area contributed by atoms with Crippen molar-refractivity contribution in [2.24, 2.45) is 0 Å². The second kappa shape index (κ2) is 7.44.